The van der Waals surface area contributed by atoms with Crippen LogP contribution in [-0.2, 0) is 4.74 Å². The first-order valence-electron chi connectivity index (χ1n) is 7.36. The summed E-state index contributed by atoms with van der Waals surface area (Å²) in [5.41, 5.74) is 1.11. The molecule has 0 amide bonds. The van der Waals surface area contributed by atoms with Crippen LogP contribution in [0.25, 0.3) is 0 Å². The molecule has 2 aliphatic rings. The fraction of sp³-hybridized carbons (Fsp3) is 0.625. The Labute approximate surface area is 114 Å². The Balaban J connectivity index is 1.77. The minimum atomic E-state index is -0.167. The number of rotatable bonds is 2. The highest BCUT2D eigenvalue weighted by Crippen LogP contribution is 2.37. The predicted molar refractivity (Wildman–Crippen MR) is 74.9 cm³/mol. The van der Waals surface area contributed by atoms with Crippen LogP contribution < -0.4 is 4.90 Å². The van der Waals surface area contributed by atoms with Gasteiger partial charge in [-0.2, -0.15) is 0 Å². The SMILES string of the molecule is CN(c1ccc(F)cc1)[C@@H]1CCC[C@H]2OCCCC12. The fourth-order valence-corrected chi connectivity index (χ4v) is 3.69. The van der Waals surface area contributed by atoms with E-state index in [-0.39, 0.29) is 5.82 Å². The van der Waals surface area contributed by atoms with E-state index in [1.54, 1.807) is 12.1 Å². The Kier molecular flexibility index (Phi) is 3.74. The van der Waals surface area contributed by atoms with E-state index in [1.165, 1.54) is 32.1 Å². The standard InChI is InChI=1S/C16H22FNO/c1-18(13-9-7-12(17)8-10-13)15-5-2-6-16-14(15)4-3-11-19-16/h7-10,14-16H,2-6,11H2,1H3/t14?,15-,16-/m1/s1. The lowest BCUT2D eigenvalue weighted by Gasteiger charge is -2.45. The average Bonchev–Trinajstić information content (AvgIpc) is 2.47. The van der Waals surface area contributed by atoms with Crippen molar-refractivity contribution in [1.29, 1.82) is 0 Å². The zero-order valence-corrected chi connectivity index (χ0v) is 11.5. The highest BCUT2D eigenvalue weighted by molar-refractivity contribution is 5.46. The van der Waals surface area contributed by atoms with Crippen LogP contribution in [0.15, 0.2) is 24.3 Å². The van der Waals surface area contributed by atoms with Crippen LogP contribution in [-0.4, -0.2) is 25.8 Å². The van der Waals surface area contributed by atoms with Gasteiger partial charge in [0.1, 0.15) is 5.82 Å². The van der Waals surface area contributed by atoms with Gasteiger partial charge in [-0.3, -0.25) is 0 Å². The Morgan fingerprint density at radius 1 is 1.11 bits per heavy atom. The average molecular weight is 263 g/mol. The van der Waals surface area contributed by atoms with E-state index in [1.807, 2.05) is 12.1 Å². The molecule has 2 fully saturated rings. The molecule has 2 nitrogen and oxygen atoms in total. The summed E-state index contributed by atoms with van der Waals surface area (Å²) < 4.78 is 19.0. The quantitative estimate of drug-likeness (QED) is 0.808. The predicted octanol–water partition coefficient (Wildman–Crippen LogP) is 3.61. The number of fused-ring (bicyclic) bond motifs is 1. The van der Waals surface area contributed by atoms with Crippen molar-refractivity contribution < 1.29 is 9.13 Å². The zero-order chi connectivity index (χ0) is 13.2. The molecular formula is C16H22FNO. The Morgan fingerprint density at radius 2 is 1.89 bits per heavy atom. The molecule has 3 atom stereocenters. The fourth-order valence-electron chi connectivity index (χ4n) is 3.69. The Bertz CT molecular complexity index is 417. The van der Waals surface area contributed by atoms with Crippen LogP contribution in [0.1, 0.15) is 32.1 Å². The van der Waals surface area contributed by atoms with E-state index < -0.39 is 0 Å². The highest BCUT2D eigenvalue weighted by atomic mass is 19.1. The van der Waals surface area contributed by atoms with Gasteiger partial charge in [0.15, 0.2) is 0 Å². The van der Waals surface area contributed by atoms with Gasteiger partial charge in [-0.25, -0.2) is 4.39 Å². The molecular weight excluding hydrogens is 241 g/mol. The molecule has 104 valence electrons. The van der Waals surface area contributed by atoms with Crippen LogP contribution >= 0.6 is 0 Å². The second-order valence-electron chi connectivity index (χ2n) is 5.80. The summed E-state index contributed by atoms with van der Waals surface area (Å²) in [5.74, 6) is 0.470. The number of anilines is 1. The molecule has 1 unspecified atom stereocenters. The van der Waals surface area contributed by atoms with Crippen molar-refractivity contribution in [1.82, 2.24) is 0 Å². The van der Waals surface area contributed by atoms with Crippen molar-refractivity contribution in [3.05, 3.63) is 30.1 Å². The molecule has 0 aromatic heterocycles. The van der Waals surface area contributed by atoms with Crippen LogP contribution in [0.2, 0.25) is 0 Å². The molecule has 1 aromatic carbocycles. The van der Waals surface area contributed by atoms with E-state index >= 15 is 0 Å². The van der Waals surface area contributed by atoms with E-state index in [0.717, 1.165) is 12.3 Å². The van der Waals surface area contributed by atoms with Crippen molar-refractivity contribution in [3.8, 4) is 0 Å². The smallest absolute Gasteiger partial charge is 0.123 e. The van der Waals surface area contributed by atoms with Gasteiger partial charge < -0.3 is 9.64 Å². The maximum absolute atomic E-state index is 13.0. The van der Waals surface area contributed by atoms with Crippen molar-refractivity contribution >= 4 is 5.69 Å². The van der Waals surface area contributed by atoms with Crippen LogP contribution in [0.4, 0.5) is 10.1 Å². The molecule has 3 rings (SSSR count). The highest BCUT2D eigenvalue weighted by Gasteiger charge is 2.37. The van der Waals surface area contributed by atoms with Gasteiger partial charge in [-0.1, -0.05) is 0 Å². The monoisotopic (exact) mass is 263 g/mol. The van der Waals surface area contributed by atoms with Crippen molar-refractivity contribution in [3.63, 3.8) is 0 Å². The number of benzene rings is 1. The van der Waals surface area contributed by atoms with E-state index in [0.29, 0.717) is 18.1 Å². The van der Waals surface area contributed by atoms with Crippen LogP contribution in [0, 0.1) is 11.7 Å². The first kappa shape index (κ1) is 12.9. The molecule has 1 aliphatic carbocycles. The first-order chi connectivity index (χ1) is 9.25. The number of nitrogens with zero attached hydrogens (tertiary/aromatic N) is 1. The van der Waals surface area contributed by atoms with Gasteiger partial charge in [-0.05, 0) is 56.4 Å². The molecule has 0 spiro atoms. The second-order valence-corrected chi connectivity index (χ2v) is 5.80. The lowest BCUT2D eigenvalue weighted by atomic mass is 9.77. The number of ether oxygens (including phenoxy) is 1. The summed E-state index contributed by atoms with van der Waals surface area (Å²) >= 11 is 0. The summed E-state index contributed by atoms with van der Waals surface area (Å²) in [7, 11) is 2.13. The Morgan fingerprint density at radius 3 is 2.68 bits per heavy atom. The Hall–Kier alpha value is -1.09. The van der Waals surface area contributed by atoms with E-state index in [2.05, 4.69) is 11.9 Å². The summed E-state index contributed by atoms with van der Waals surface area (Å²) in [4.78, 5) is 2.32. The third kappa shape index (κ3) is 2.62. The maximum Gasteiger partial charge on any atom is 0.123 e. The first-order valence-corrected chi connectivity index (χ1v) is 7.36. The maximum atomic E-state index is 13.0. The summed E-state index contributed by atoms with van der Waals surface area (Å²) in [6.07, 6.45) is 6.54. The topological polar surface area (TPSA) is 12.5 Å². The van der Waals surface area contributed by atoms with Gasteiger partial charge in [0, 0.05) is 31.3 Å². The van der Waals surface area contributed by atoms with Gasteiger partial charge in [0.2, 0.25) is 0 Å². The number of hydrogen-bond donors (Lipinski definition) is 0. The van der Waals surface area contributed by atoms with E-state index in [4.69, 9.17) is 4.74 Å². The van der Waals surface area contributed by atoms with Crippen molar-refractivity contribution in [2.45, 2.75) is 44.2 Å². The molecule has 1 saturated heterocycles. The molecule has 1 heterocycles. The van der Waals surface area contributed by atoms with Crippen molar-refractivity contribution in [2.75, 3.05) is 18.6 Å². The molecule has 3 heteroatoms. The minimum absolute atomic E-state index is 0.167. The third-order valence-corrected chi connectivity index (χ3v) is 4.71. The normalized spacial score (nSPS) is 30.7. The lowest BCUT2D eigenvalue weighted by molar-refractivity contribution is -0.0544. The lowest BCUT2D eigenvalue weighted by Crippen LogP contribution is -2.48. The summed E-state index contributed by atoms with van der Waals surface area (Å²) in [6, 6.07) is 7.38. The molecule has 0 bridgehead atoms. The van der Waals surface area contributed by atoms with Gasteiger partial charge in [0.05, 0.1) is 6.10 Å². The molecule has 1 aliphatic heterocycles. The number of halogens is 1. The van der Waals surface area contributed by atoms with Crippen LogP contribution in [0.5, 0.6) is 0 Å². The minimum Gasteiger partial charge on any atom is -0.378 e. The summed E-state index contributed by atoms with van der Waals surface area (Å²) in [5, 5.41) is 0. The molecule has 0 N–H and O–H groups in total. The molecule has 19 heavy (non-hydrogen) atoms. The molecule has 0 radical (unpaired) electrons. The zero-order valence-electron chi connectivity index (χ0n) is 11.5. The molecule has 1 saturated carbocycles. The van der Waals surface area contributed by atoms with Gasteiger partial charge >= 0.3 is 0 Å². The largest absolute Gasteiger partial charge is 0.378 e. The van der Waals surface area contributed by atoms with Crippen LogP contribution in [0.3, 0.4) is 0 Å². The van der Waals surface area contributed by atoms with Gasteiger partial charge in [-0.15, -0.1) is 0 Å². The number of hydrogen-bond acceptors (Lipinski definition) is 2. The van der Waals surface area contributed by atoms with Crippen molar-refractivity contribution in [2.24, 2.45) is 5.92 Å². The molecule has 1 aromatic rings. The third-order valence-electron chi connectivity index (χ3n) is 4.71. The second kappa shape index (κ2) is 5.49. The summed E-state index contributed by atoms with van der Waals surface area (Å²) in [6.45, 7) is 0.925. The van der Waals surface area contributed by atoms with E-state index in [9.17, 15) is 4.39 Å². The van der Waals surface area contributed by atoms with Gasteiger partial charge in [0.25, 0.3) is 0 Å².